The number of aryl methyl sites for hydroxylation is 1. The summed E-state index contributed by atoms with van der Waals surface area (Å²) in [4.78, 5) is 21.3. The first-order valence-electron chi connectivity index (χ1n) is 10.5. The number of hydrogen-bond donors (Lipinski definition) is 4. The Balaban J connectivity index is 0. The smallest absolute Gasteiger partial charge is 0.243 e. The molecule has 1 aromatic carbocycles. The quantitative estimate of drug-likeness (QED) is 0.277. The van der Waals surface area contributed by atoms with Gasteiger partial charge in [0, 0.05) is 12.3 Å². The Morgan fingerprint density at radius 2 is 1.62 bits per heavy atom. The molecule has 0 saturated carbocycles. The molecule has 5 N–H and O–H groups in total. The van der Waals surface area contributed by atoms with Crippen molar-refractivity contribution < 1.29 is 19.9 Å². The second-order valence-electron chi connectivity index (χ2n) is 7.83. The number of hydrogen-bond acceptors (Lipinski definition) is 4. The summed E-state index contributed by atoms with van der Waals surface area (Å²) in [5.74, 6) is -0.302. The number of carbonyl (C=O) groups excluding carboxylic acids is 2. The van der Waals surface area contributed by atoms with Gasteiger partial charge in [0.1, 0.15) is 0 Å². The van der Waals surface area contributed by atoms with E-state index in [0.29, 0.717) is 5.92 Å². The number of aliphatic hydroxyl groups is 1. The van der Waals surface area contributed by atoms with Crippen molar-refractivity contribution in [2.75, 3.05) is 0 Å². The maximum absolute atomic E-state index is 10.9. The largest absolute Gasteiger partial charge is 0.393 e. The lowest BCUT2D eigenvalue weighted by molar-refractivity contribution is -0.131. The molecule has 29 heavy (non-hydrogen) atoms. The summed E-state index contributed by atoms with van der Waals surface area (Å²) in [6.07, 6.45) is 3.79. The van der Waals surface area contributed by atoms with Gasteiger partial charge < -0.3 is 10.8 Å². The number of aliphatic hydroxyl groups excluding tert-OH is 1. The van der Waals surface area contributed by atoms with Crippen LogP contribution in [0.5, 0.6) is 0 Å². The molecule has 6 heteroatoms. The maximum Gasteiger partial charge on any atom is 0.243 e. The van der Waals surface area contributed by atoms with Crippen LogP contribution in [0.15, 0.2) is 30.3 Å². The first-order chi connectivity index (χ1) is 13.6. The highest BCUT2D eigenvalue weighted by atomic mass is 16.5. The Labute approximate surface area is 176 Å². The lowest BCUT2D eigenvalue weighted by Crippen LogP contribution is -2.27. The normalized spacial score (nSPS) is 13.1. The Morgan fingerprint density at radius 3 is 1.90 bits per heavy atom. The Hall–Kier alpha value is -1.92. The Bertz CT molecular complexity index is 533. The number of unbranched alkanes of at least 4 members (excludes halogenated alkanes) is 2. The zero-order valence-corrected chi connectivity index (χ0v) is 19.0. The zero-order valence-electron chi connectivity index (χ0n) is 19.0. The van der Waals surface area contributed by atoms with Crippen LogP contribution in [0.25, 0.3) is 0 Å². The third-order valence-corrected chi connectivity index (χ3v) is 4.82. The van der Waals surface area contributed by atoms with Gasteiger partial charge in [0.15, 0.2) is 0 Å². The predicted molar refractivity (Wildman–Crippen MR) is 118 cm³/mol. The van der Waals surface area contributed by atoms with E-state index in [1.807, 2.05) is 39.0 Å². The van der Waals surface area contributed by atoms with Crippen molar-refractivity contribution in [3.8, 4) is 0 Å². The van der Waals surface area contributed by atoms with Crippen LogP contribution in [0.1, 0.15) is 72.3 Å². The van der Waals surface area contributed by atoms with E-state index in [0.717, 1.165) is 25.7 Å². The highest BCUT2D eigenvalue weighted by Crippen LogP contribution is 2.17. The minimum Gasteiger partial charge on any atom is -0.393 e. The molecule has 2 amide bonds. The number of hydroxylamine groups is 1. The molecule has 0 fully saturated rings. The molecule has 1 aromatic rings. The third kappa shape index (κ3) is 17.9. The number of benzene rings is 1. The average Bonchev–Trinajstić information content (AvgIpc) is 2.67. The highest BCUT2D eigenvalue weighted by molar-refractivity contribution is 5.76. The fourth-order valence-corrected chi connectivity index (χ4v) is 2.32. The fraction of sp³-hybridized carbons (Fsp3) is 0.652. The van der Waals surface area contributed by atoms with Crippen molar-refractivity contribution >= 4 is 11.8 Å². The summed E-state index contributed by atoms with van der Waals surface area (Å²) < 4.78 is 0. The summed E-state index contributed by atoms with van der Waals surface area (Å²) in [5.41, 5.74) is 7.91. The van der Waals surface area contributed by atoms with Crippen LogP contribution < -0.4 is 11.2 Å². The maximum atomic E-state index is 10.9. The first kappa shape index (κ1) is 29.3. The molecule has 0 spiro atoms. The van der Waals surface area contributed by atoms with Crippen LogP contribution in [0.3, 0.4) is 0 Å². The number of amides is 2. The number of primary amides is 1. The van der Waals surface area contributed by atoms with Gasteiger partial charge in [-0.05, 0) is 32.1 Å². The SMILES string of the molecule is CC(C)[C@@H](C)C(N)=O.CCCCCC(CC(=O)NO)C(C)O.Cc1ccccc1. The van der Waals surface area contributed by atoms with Crippen LogP contribution >= 0.6 is 0 Å². The van der Waals surface area contributed by atoms with Gasteiger partial charge in [-0.15, -0.1) is 0 Å². The summed E-state index contributed by atoms with van der Waals surface area (Å²) in [7, 11) is 0. The van der Waals surface area contributed by atoms with Gasteiger partial charge in [-0.1, -0.05) is 82.9 Å². The summed E-state index contributed by atoms with van der Waals surface area (Å²) >= 11 is 0. The first-order valence-corrected chi connectivity index (χ1v) is 10.5. The van der Waals surface area contributed by atoms with Crippen molar-refractivity contribution in [2.24, 2.45) is 23.5 Å². The molecule has 0 bridgehead atoms. The monoisotopic (exact) mass is 410 g/mol. The van der Waals surface area contributed by atoms with Crippen molar-refractivity contribution in [1.29, 1.82) is 0 Å². The van der Waals surface area contributed by atoms with E-state index in [1.165, 1.54) is 5.56 Å². The van der Waals surface area contributed by atoms with Crippen LogP contribution in [0.2, 0.25) is 0 Å². The van der Waals surface area contributed by atoms with Gasteiger partial charge in [0.05, 0.1) is 6.10 Å². The molecule has 0 aliphatic heterocycles. The molecular weight excluding hydrogens is 368 g/mol. The van der Waals surface area contributed by atoms with E-state index < -0.39 is 12.0 Å². The predicted octanol–water partition coefficient (Wildman–Crippen LogP) is 4.22. The van der Waals surface area contributed by atoms with Gasteiger partial charge in [-0.25, -0.2) is 5.48 Å². The van der Waals surface area contributed by atoms with Gasteiger partial charge in [-0.3, -0.25) is 14.8 Å². The number of nitrogens with two attached hydrogens (primary N) is 1. The van der Waals surface area contributed by atoms with Crippen molar-refractivity contribution in [3.63, 3.8) is 0 Å². The number of rotatable bonds is 9. The van der Waals surface area contributed by atoms with E-state index >= 15 is 0 Å². The van der Waals surface area contributed by atoms with E-state index in [9.17, 15) is 14.7 Å². The van der Waals surface area contributed by atoms with Crippen LogP contribution in [-0.4, -0.2) is 28.2 Å². The van der Waals surface area contributed by atoms with Crippen molar-refractivity contribution in [3.05, 3.63) is 35.9 Å². The summed E-state index contributed by atoms with van der Waals surface area (Å²) in [6.45, 7) is 11.7. The van der Waals surface area contributed by atoms with E-state index in [2.05, 4.69) is 26.0 Å². The third-order valence-electron chi connectivity index (χ3n) is 4.82. The van der Waals surface area contributed by atoms with E-state index in [1.54, 1.807) is 12.4 Å². The molecule has 0 aromatic heterocycles. The van der Waals surface area contributed by atoms with Crippen LogP contribution in [-0.2, 0) is 9.59 Å². The van der Waals surface area contributed by atoms with Gasteiger partial charge >= 0.3 is 0 Å². The second-order valence-corrected chi connectivity index (χ2v) is 7.83. The molecule has 0 aliphatic rings. The fourth-order valence-electron chi connectivity index (χ4n) is 2.32. The van der Waals surface area contributed by atoms with E-state index in [-0.39, 0.29) is 24.2 Å². The Morgan fingerprint density at radius 1 is 1.07 bits per heavy atom. The standard InChI is InChI=1S/C10H21NO3.C7H8.C6H13NO/c1-3-4-5-6-9(8(2)12)7-10(13)11-14;1-7-5-3-2-4-6-7;1-4(2)5(3)6(7)8/h8-9,12,14H,3-7H2,1-2H3,(H,11,13);2-6H,1H3;4-5H,1-3H3,(H2,7,8)/t;;5-/m..1/s1. The average molecular weight is 411 g/mol. The van der Waals surface area contributed by atoms with E-state index in [4.69, 9.17) is 10.9 Å². The Kier molecular flexibility index (Phi) is 18.3. The molecule has 0 aliphatic carbocycles. The summed E-state index contributed by atoms with van der Waals surface area (Å²) in [5, 5.41) is 17.8. The lowest BCUT2D eigenvalue weighted by atomic mass is 9.93. The highest BCUT2D eigenvalue weighted by Gasteiger charge is 2.18. The molecule has 0 heterocycles. The molecule has 0 saturated heterocycles. The molecule has 3 atom stereocenters. The molecule has 2 unspecified atom stereocenters. The number of nitrogens with one attached hydrogen (secondary N) is 1. The van der Waals surface area contributed by atoms with Gasteiger partial charge in [-0.2, -0.15) is 0 Å². The van der Waals surface area contributed by atoms with Gasteiger partial charge in [0.2, 0.25) is 11.8 Å². The van der Waals surface area contributed by atoms with Gasteiger partial charge in [0.25, 0.3) is 0 Å². The topological polar surface area (TPSA) is 113 Å². The van der Waals surface area contributed by atoms with Crippen LogP contribution in [0, 0.1) is 24.7 Å². The number of carbonyl (C=O) groups is 2. The van der Waals surface area contributed by atoms with Crippen molar-refractivity contribution in [2.45, 2.75) is 79.8 Å². The molecule has 1 rings (SSSR count). The molecule has 0 radical (unpaired) electrons. The molecule has 6 nitrogen and oxygen atoms in total. The minimum atomic E-state index is -0.496. The molecule has 168 valence electrons. The van der Waals surface area contributed by atoms with Crippen molar-refractivity contribution in [1.82, 2.24) is 5.48 Å². The summed E-state index contributed by atoms with van der Waals surface area (Å²) in [6, 6.07) is 10.3. The van der Waals surface area contributed by atoms with Crippen LogP contribution in [0.4, 0.5) is 0 Å². The lowest BCUT2D eigenvalue weighted by Gasteiger charge is -2.18. The molecular formula is C23H42N2O4. The zero-order chi connectivity index (χ0) is 22.8. The minimum absolute atomic E-state index is 0.00926. The second kappa shape index (κ2) is 18.1.